The highest BCUT2D eigenvalue weighted by Crippen LogP contribution is 2.28. The number of amides is 1. The molecule has 2 rings (SSSR count). The Morgan fingerprint density at radius 3 is 2.50 bits per heavy atom. The summed E-state index contributed by atoms with van der Waals surface area (Å²) >= 11 is 6.91. The minimum atomic E-state index is -3.82. The molecule has 0 saturated heterocycles. The molecule has 0 aliphatic carbocycles. The Hall–Kier alpha value is -1.57. The number of halogens is 1. The Morgan fingerprint density at radius 2 is 1.91 bits per heavy atom. The Morgan fingerprint density at radius 1 is 1.27 bits per heavy atom. The van der Waals surface area contributed by atoms with E-state index in [0.717, 1.165) is 15.6 Å². The zero-order valence-corrected chi connectivity index (χ0v) is 14.4. The number of anilines is 1. The maximum Gasteiger partial charge on any atom is 0.265 e. The number of thiophene rings is 1. The molecule has 118 valence electrons. The van der Waals surface area contributed by atoms with Crippen LogP contribution in [0.4, 0.5) is 5.69 Å². The second-order valence-electron chi connectivity index (χ2n) is 4.42. The van der Waals surface area contributed by atoms with Crippen molar-refractivity contribution in [3.63, 3.8) is 0 Å². The van der Waals surface area contributed by atoms with E-state index in [4.69, 9.17) is 11.6 Å². The van der Waals surface area contributed by atoms with Crippen molar-refractivity contribution in [2.24, 2.45) is 0 Å². The second-order valence-corrected chi connectivity index (χ2v) is 7.71. The van der Waals surface area contributed by atoms with Gasteiger partial charge in [-0.05, 0) is 42.6 Å². The van der Waals surface area contributed by atoms with Crippen LogP contribution in [0.25, 0.3) is 0 Å². The summed E-state index contributed by atoms with van der Waals surface area (Å²) in [5.41, 5.74) is 0.470. The van der Waals surface area contributed by atoms with Crippen molar-refractivity contribution < 1.29 is 13.2 Å². The van der Waals surface area contributed by atoms with E-state index in [2.05, 4.69) is 5.32 Å². The van der Waals surface area contributed by atoms with Gasteiger partial charge in [-0.2, -0.15) is 0 Å². The van der Waals surface area contributed by atoms with Crippen LogP contribution < -0.4 is 9.62 Å². The number of nitrogens with one attached hydrogen (secondary N) is 1. The van der Waals surface area contributed by atoms with Gasteiger partial charge in [0.2, 0.25) is 0 Å². The van der Waals surface area contributed by atoms with Gasteiger partial charge in [-0.1, -0.05) is 11.6 Å². The van der Waals surface area contributed by atoms with Gasteiger partial charge in [0.15, 0.2) is 0 Å². The summed E-state index contributed by atoms with van der Waals surface area (Å²) in [5.74, 6) is -0.388. The Bertz CT molecular complexity index is 770. The molecule has 1 aromatic carbocycles. The first-order chi connectivity index (χ1) is 10.4. The monoisotopic (exact) mass is 358 g/mol. The molecule has 0 bridgehead atoms. The molecule has 5 nitrogen and oxygen atoms in total. The largest absolute Gasteiger partial charge is 0.352 e. The number of nitrogens with zero attached hydrogens (tertiary/aromatic N) is 1. The standard InChI is InChI=1S/C14H15ClN2O3S2/c1-3-16-14(18)13-12(8-9-21-13)22(19,20)17(2)11-6-4-10(15)5-7-11/h4-9H,3H2,1-2H3,(H,16,18). The van der Waals surface area contributed by atoms with Crippen LogP contribution in [-0.4, -0.2) is 27.9 Å². The highest BCUT2D eigenvalue weighted by Gasteiger charge is 2.28. The molecule has 0 atom stereocenters. The minimum Gasteiger partial charge on any atom is -0.352 e. The van der Waals surface area contributed by atoms with Gasteiger partial charge in [0.25, 0.3) is 15.9 Å². The van der Waals surface area contributed by atoms with Crippen molar-refractivity contribution in [1.29, 1.82) is 0 Å². The molecule has 0 fully saturated rings. The average Bonchev–Trinajstić information content (AvgIpc) is 2.98. The first-order valence-electron chi connectivity index (χ1n) is 6.48. The molecule has 2 aromatic rings. The van der Waals surface area contributed by atoms with E-state index in [0.29, 0.717) is 17.3 Å². The van der Waals surface area contributed by atoms with Crippen LogP contribution in [0.15, 0.2) is 40.6 Å². The van der Waals surface area contributed by atoms with Crippen molar-refractivity contribution in [1.82, 2.24) is 5.32 Å². The van der Waals surface area contributed by atoms with Crippen LogP contribution in [0.2, 0.25) is 5.02 Å². The number of sulfonamides is 1. The number of hydrogen-bond acceptors (Lipinski definition) is 4. The van der Waals surface area contributed by atoms with E-state index in [1.807, 2.05) is 0 Å². The van der Waals surface area contributed by atoms with Crippen LogP contribution in [0.5, 0.6) is 0 Å². The first-order valence-corrected chi connectivity index (χ1v) is 9.18. The van der Waals surface area contributed by atoms with E-state index >= 15 is 0 Å². The van der Waals surface area contributed by atoms with Crippen LogP contribution in [0, 0.1) is 0 Å². The van der Waals surface area contributed by atoms with Gasteiger partial charge in [0, 0.05) is 18.6 Å². The van der Waals surface area contributed by atoms with Crippen molar-refractivity contribution in [3.05, 3.63) is 45.6 Å². The van der Waals surface area contributed by atoms with Gasteiger partial charge in [-0.25, -0.2) is 8.42 Å². The Kier molecular flexibility index (Phi) is 5.10. The molecule has 0 aliphatic heterocycles. The summed E-state index contributed by atoms with van der Waals surface area (Å²) in [5, 5.41) is 4.73. The summed E-state index contributed by atoms with van der Waals surface area (Å²) in [4.78, 5) is 12.2. The zero-order valence-electron chi connectivity index (χ0n) is 12.0. The Labute approximate surface area is 138 Å². The smallest absolute Gasteiger partial charge is 0.265 e. The minimum absolute atomic E-state index is 0.000833. The van der Waals surface area contributed by atoms with Gasteiger partial charge in [0.05, 0.1) is 5.69 Å². The number of carbonyl (C=O) groups is 1. The SMILES string of the molecule is CCNC(=O)c1sccc1S(=O)(=O)N(C)c1ccc(Cl)cc1. The molecular formula is C14H15ClN2O3S2. The van der Waals surface area contributed by atoms with Gasteiger partial charge in [-0.15, -0.1) is 11.3 Å². The maximum atomic E-state index is 12.7. The van der Waals surface area contributed by atoms with Gasteiger partial charge >= 0.3 is 0 Å². The Balaban J connectivity index is 2.41. The van der Waals surface area contributed by atoms with E-state index in [9.17, 15) is 13.2 Å². The summed E-state index contributed by atoms with van der Waals surface area (Å²) in [7, 11) is -2.37. The predicted octanol–water partition coefficient (Wildman–Crippen LogP) is 2.98. The normalized spacial score (nSPS) is 11.2. The predicted molar refractivity (Wildman–Crippen MR) is 89.4 cm³/mol. The van der Waals surface area contributed by atoms with Gasteiger partial charge in [0.1, 0.15) is 9.77 Å². The quantitative estimate of drug-likeness (QED) is 0.893. The fourth-order valence-corrected chi connectivity index (χ4v) is 4.48. The molecule has 8 heteroatoms. The lowest BCUT2D eigenvalue weighted by atomic mass is 10.3. The summed E-state index contributed by atoms with van der Waals surface area (Å²) in [6.45, 7) is 2.21. The fourth-order valence-electron chi connectivity index (χ4n) is 1.84. The van der Waals surface area contributed by atoms with Crippen molar-refractivity contribution in [3.8, 4) is 0 Å². The molecular weight excluding hydrogens is 344 g/mol. The molecule has 1 aromatic heterocycles. The molecule has 1 heterocycles. The molecule has 0 radical (unpaired) electrons. The average molecular weight is 359 g/mol. The lowest BCUT2D eigenvalue weighted by Gasteiger charge is -2.19. The van der Waals surface area contributed by atoms with E-state index in [1.54, 1.807) is 36.6 Å². The van der Waals surface area contributed by atoms with Crippen LogP contribution in [0.1, 0.15) is 16.6 Å². The topological polar surface area (TPSA) is 66.5 Å². The lowest BCUT2D eigenvalue weighted by molar-refractivity contribution is 0.0957. The van der Waals surface area contributed by atoms with E-state index in [1.165, 1.54) is 13.1 Å². The van der Waals surface area contributed by atoms with Gasteiger partial charge in [-0.3, -0.25) is 9.10 Å². The van der Waals surface area contributed by atoms with Crippen LogP contribution in [0.3, 0.4) is 0 Å². The second kappa shape index (κ2) is 6.68. The van der Waals surface area contributed by atoms with Crippen molar-refractivity contribution in [2.45, 2.75) is 11.8 Å². The number of carbonyl (C=O) groups excluding carboxylic acids is 1. The molecule has 1 amide bonds. The molecule has 1 N–H and O–H groups in total. The van der Waals surface area contributed by atoms with Crippen LogP contribution in [-0.2, 0) is 10.0 Å². The first kappa shape index (κ1) is 16.8. The number of benzene rings is 1. The third-order valence-electron chi connectivity index (χ3n) is 3.00. The number of hydrogen-bond donors (Lipinski definition) is 1. The zero-order chi connectivity index (χ0) is 16.3. The van der Waals surface area contributed by atoms with Crippen molar-refractivity contribution in [2.75, 3.05) is 17.9 Å². The molecule has 0 aliphatic rings. The lowest BCUT2D eigenvalue weighted by Crippen LogP contribution is -2.29. The highest BCUT2D eigenvalue weighted by molar-refractivity contribution is 7.93. The van der Waals surface area contributed by atoms with E-state index in [-0.39, 0.29) is 15.7 Å². The number of rotatable bonds is 5. The van der Waals surface area contributed by atoms with Crippen LogP contribution >= 0.6 is 22.9 Å². The van der Waals surface area contributed by atoms with Crippen molar-refractivity contribution >= 4 is 44.6 Å². The third-order valence-corrected chi connectivity index (χ3v) is 6.12. The highest BCUT2D eigenvalue weighted by atomic mass is 35.5. The van der Waals surface area contributed by atoms with Gasteiger partial charge < -0.3 is 5.32 Å². The summed E-state index contributed by atoms with van der Waals surface area (Å²) in [6, 6.07) is 7.88. The maximum absolute atomic E-state index is 12.7. The molecule has 22 heavy (non-hydrogen) atoms. The van der Waals surface area contributed by atoms with E-state index < -0.39 is 10.0 Å². The summed E-state index contributed by atoms with van der Waals surface area (Å²) in [6.07, 6.45) is 0. The third kappa shape index (κ3) is 3.26. The molecule has 0 saturated carbocycles. The fraction of sp³-hybridized carbons (Fsp3) is 0.214. The molecule has 0 spiro atoms. The molecule has 0 unspecified atom stereocenters. The summed E-state index contributed by atoms with van der Waals surface area (Å²) < 4.78 is 26.6.